The van der Waals surface area contributed by atoms with Gasteiger partial charge in [-0.15, -0.1) is 0 Å². The fourth-order valence-electron chi connectivity index (χ4n) is 9.80. The molecule has 0 radical (unpaired) electrons. The van der Waals surface area contributed by atoms with Crippen LogP contribution in [0.25, 0.3) is 11.1 Å². The lowest BCUT2D eigenvalue weighted by Gasteiger charge is -2.36. The highest BCUT2D eigenvalue weighted by atomic mass is 16.7. The Morgan fingerprint density at radius 1 is 0.475 bits per heavy atom. The number of rotatable bonds is 6. The number of fused-ring (bicyclic) bond motifs is 10. The second-order valence-corrected chi connectivity index (χ2v) is 18.8. The summed E-state index contributed by atoms with van der Waals surface area (Å²) in [5.74, 6) is 0.0307. The topological polar surface area (TPSA) is 71.1 Å². The molecule has 1 spiro atoms. The molecule has 294 valence electrons. The van der Waals surface area contributed by atoms with Crippen molar-refractivity contribution in [3.8, 4) is 11.1 Å². The standard InChI is InChI=1S/C51H48B2O6/c1-47(2)48(3,4)57-52(56-47)35-23-17-31(18-24-35)45(54)33-21-27-39-37-13-9-11-15-41(37)51(43(39)29-33)42-16-12-10-14-38(42)40-28-22-34(30-44(40)51)46(55)32-19-25-36(26-20-32)53-58-49(5,6)50(7,8)59-53/h9-30,37,41H,1-8H3. The van der Waals surface area contributed by atoms with Crippen molar-refractivity contribution < 1.29 is 28.2 Å². The van der Waals surface area contributed by atoms with Crippen LogP contribution in [0.4, 0.5) is 0 Å². The molecule has 0 bridgehead atoms. The number of benzene rings is 5. The van der Waals surface area contributed by atoms with Gasteiger partial charge in [-0.25, -0.2) is 0 Å². The van der Waals surface area contributed by atoms with E-state index in [1.165, 1.54) is 11.1 Å². The largest absolute Gasteiger partial charge is 0.494 e. The number of hydrogen-bond donors (Lipinski definition) is 0. The Balaban J connectivity index is 1.03. The molecule has 0 N–H and O–H groups in total. The van der Waals surface area contributed by atoms with Crippen LogP contribution in [0.3, 0.4) is 0 Å². The first-order chi connectivity index (χ1) is 28.0. The first kappa shape index (κ1) is 38.1. The molecule has 5 aromatic rings. The summed E-state index contributed by atoms with van der Waals surface area (Å²) in [4.78, 5) is 28.8. The van der Waals surface area contributed by atoms with Gasteiger partial charge in [0.05, 0.1) is 27.8 Å². The van der Waals surface area contributed by atoms with Gasteiger partial charge in [0.25, 0.3) is 0 Å². The highest BCUT2D eigenvalue weighted by molar-refractivity contribution is 6.62. The summed E-state index contributed by atoms with van der Waals surface area (Å²) in [6.07, 6.45) is 8.86. The maximum Gasteiger partial charge on any atom is 0.494 e. The predicted octanol–water partition coefficient (Wildman–Crippen LogP) is 8.90. The van der Waals surface area contributed by atoms with Gasteiger partial charge < -0.3 is 18.6 Å². The SMILES string of the molecule is CC1(C)OB(c2ccc(C(=O)c3ccc4c(c3)C3(c5ccccc5-4)c4cc(C(=O)c5ccc(B6OC(C)(C)C(C)(C)O6)cc5)ccc4C4C=CC=CC43)cc2)OC1(C)C. The Kier molecular flexibility index (Phi) is 8.36. The molecule has 3 atom stereocenters. The van der Waals surface area contributed by atoms with Crippen LogP contribution in [0.5, 0.6) is 0 Å². The third-order valence-corrected chi connectivity index (χ3v) is 14.5. The predicted molar refractivity (Wildman–Crippen MR) is 234 cm³/mol. The lowest BCUT2D eigenvalue weighted by atomic mass is 9.65. The van der Waals surface area contributed by atoms with E-state index in [-0.39, 0.29) is 23.4 Å². The smallest absolute Gasteiger partial charge is 0.399 e. The van der Waals surface area contributed by atoms with E-state index < -0.39 is 42.1 Å². The highest BCUT2D eigenvalue weighted by Crippen LogP contribution is 2.65. The van der Waals surface area contributed by atoms with Crippen LogP contribution < -0.4 is 10.9 Å². The Morgan fingerprint density at radius 3 is 1.46 bits per heavy atom. The summed E-state index contributed by atoms with van der Waals surface area (Å²) < 4.78 is 25.1. The van der Waals surface area contributed by atoms with E-state index in [2.05, 4.69) is 72.8 Å². The average Bonchev–Trinajstić information content (AvgIpc) is 3.85. The molecule has 2 aliphatic heterocycles. The van der Waals surface area contributed by atoms with Gasteiger partial charge in [0.2, 0.25) is 0 Å². The van der Waals surface area contributed by atoms with Gasteiger partial charge in [-0.1, -0.05) is 121 Å². The molecular formula is C51H48B2O6. The van der Waals surface area contributed by atoms with Crippen LogP contribution in [-0.2, 0) is 24.0 Å². The minimum absolute atomic E-state index is 0.0407. The Bertz CT molecular complexity index is 2600. The van der Waals surface area contributed by atoms with Crippen molar-refractivity contribution in [2.75, 3.05) is 0 Å². The van der Waals surface area contributed by atoms with Crippen LogP contribution in [0, 0.1) is 5.92 Å². The normalized spacial score (nSPS) is 24.5. The molecule has 3 unspecified atom stereocenters. The zero-order valence-corrected chi connectivity index (χ0v) is 35.0. The molecular weight excluding hydrogens is 730 g/mol. The second-order valence-electron chi connectivity index (χ2n) is 18.8. The third kappa shape index (κ3) is 5.56. The quantitative estimate of drug-likeness (QED) is 0.127. The van der Waals surface area contributed by atoms with Crippen LogP contribution in [0.15, 0.2) is 133 Å². The fraction of sp³-hybridized carbons (Fsp3) is 0.294. The number of ketones is 2. The van der Waals surface area contributed by atoms with Crippen LogP contribution in [-0.4, -0.2) is 48.2 Å². The van der Waals surface area contributed by atoms with E-state index in [9.17, 15) is 9.59 Å². The third-order valence-electron chi connectivity index (χ3n) is 14.5. The molecule has 5 aromatic carbocycles. The van der Waals surface area contributed by atoms with E-state index >= 15 is 0 Å². The monoisotopic (exact) mass is 778 g/mol. The molecule has 10 rings (SSSR count). The average molecular weight is 779 g/mol. The van der Waals surface area contributed by atoms with Gasteiger partial charge in [0.1, 0.15) is 0 Å². The molecule has 8 heteroatoms. The van der Waals surface area contributed by atoms with E-state index in [4.69, 9.17) is 18.6 Å². The van der Waals surface area contributed by atoms with Gasteiger partial charge in [0, 0.05) is 34.1 Å². The molecule has 2 heterocycles. The van der Waals surface area contributed by atoms with Gasteiger partial charge in [0.15, 0.2) is 11.6 Å². The number of carbonyl (C=O) groups is 2. The van der Waals surface area contributed by atoms with Crippen molar-refractivity contribution in [1.29, 1.82) is 0 Å². The first-order valence-electron chi connectivity index (χ1n) is 20.8. The van der Waals surface area contributed by atoms with E-state index in [1.54, 1.807) is 0 Å². The van der Waals surface area contributed by atoms with Crippen LogP contribution in [0.1, 0.15) is 115 Å². The molecule has 3 aliphatic carbocycles. The van der Waals surface area contributed by atoms with Crippen molar-refractivity contribution in [3.63, 3.8) is 0 Å². The van der Waals surface area contributed by atoms with Gasteiger partial charge in [-0.2, -0.15) is 0 Å². The van der Waals surface area contributed by atoms with E-state index in [0.717, 1.165) is 33.2 Å². The van der Waals surface area contributed by atoms with E-state index in [1.807, 2.05) is 116 Å². The lowest BCUT2D eigenvalue weighted by Crippen LogP contribution is -2.41. The molecule has 2 fully saturated rings. The first-order valence-corrected chi connectivity index (χ1v) is 20.8. The Labute approximate surface area is 347 Å². The molecule has 59 heavy (non-hydrogen) atoms. The van der Waals surface area contributed by atoms with Crippen LogP contribution in [0.2, 0.25) is 0 Å². The molecule has 0 aromatic heterocycles. The molecule has 0 amide bonds. The molecule has 5 aliphatic rings. The summed E-state index contributed by atoms with van der Waals surface area (Å²) in [7, 11) is -1.01. The fourth-order valence-corrected chi connectivity index (χ4v) is 9.80. The van der Waals surface area contributed by atoms with Gasteiger partial charge in [-0.3, -0.25) is 9.59 Å². The maximum absolute atomic E-state index is 14.4. The van der Waals surface area contributed by atoms with Crippen molar-refractivity contribution in [2.24, 2.45) is 5.92 Å². The minimum atomic E-state index is -0.624. The van der Waals surface area contributed by atoms with Crippen molar-refractivity contribution in [2.45, 2.75) is 89.1 Å². The van der Waals surface area contributed by atoms with Gasteiger partial charge >= 0.3 is 14.2 Å². The summed E-state index contributed by atoms with van der Waals surface area (Å²) >= 11 is 0. The lowest BCUT2D eigenvalue weighted by molar-refractivity contribution is 0.00578. The number of carbonyl (C=O) groups excluding carboxylic acids is 2. The van der Waals surface area contributed by atoms with Gasteiger partial charge in [-0.05, 0) is 112 Å². The molecule has 0 saturated carbocycles. The van der Waals surface area contributed by atoms with Crippen molar-refractivity contribution in [3.05, 3.63) is 178 Å². The van der Waals surface area contributed by atoms with Crippen molar-refractivity contribution in [1.82, 2.24) is 0 Å². The summed E-state index contributed by atoms with van der Waals surface area (Å²) in [6.45, 7) is 16.3. The second kappa shape index (κ2) is 12.9. The maximum atomic E-state index is 14.4. The zero-order chi connectivity index (χ0) is 41.3. The molecule has 2 saturated heterocycles. The summed E-state index contributed by atoms with van der Waals surface area (Å²) in [6, 6.07) is 36.2. The zero-order valence-electron chi connectivity index (χ0n) is 35.0. The van der Waals surface area contributed by atoms with E-state index in [0.29, 0.717) is 22.3 Å². The van der Waals surface area contributed by atoms with Crippen molar-refractivity contribution >= 4 is 36.7 Å². The number of allylic oxidation sites excluding steroid dienone is 4. The van der Waals surface area contributed by atoms with Crippen LogP contribution >= 0.6 is 0 Å². The summed E-state index contributed by atoms with van der Waals surface area (Å²) in [5, 5.41) is 0. The highest BCUT2D eigenvalue weighted by Gasteiger charge is 2.58. The Hall–Kier alpha value is -5.11. The minimum Gasteiger partial charge on any atom is -0.399 e. The number of hydrogen-bond acceptors (Lipinski definition) is 6. The molecule has 6 nitrogen and oxygen atoms in total. The Morgan fingerprint density at radius 2 is 0.915 bits per heavy atom. The summed E-state index contributed by atoms with van der Waals surface area (Å²) in [5.41, 5.74) is 8.57.